The number of aromatic amines is 1. The summed E-state index contributed by atoms with van der Waals surface area (Å²) in [7, 11) is 2.16. The van der Waals surface area contributed by atoms with Gasteiger partial charge in [0, 0.05) is 37.4 Å². The molecule has 0 radical (unpaired) electrons. The standard InChI is InChI=1S/C15H23N3/c1-12(2)18(3)10-9-16-11-14-6-4-5-13-7-8-17-15(13)14/h4-8,12,16-17H,9-11H2,1-3H3. The minimum atomic E-state index is 0.610. The molecular formula is C15H23N3. The molecule has 0 atom stereocenters. The zero-order valence-corrected chi connectivity index (χ0v) is 11.5. The predicted octanol–water partition coefficient (Wildman–Crippen LogP) is 2.60. The summed E-state index contributed by atoms with van der Waals surface area (Å²) in [6, 6.07) is 9.16. The number of aromatic nitrogens is 1. The molecule has 3 nitrogen and oxygen atoms in total. The van der Waals surface area contributed by atoms with Gasteiger partial charge < -0.3 is 15.2 Å². The van der Waals surface area contributed by atoms with Crippen LogP contribution in [0.25, 0.3) is 10.9 Å². The lowest BCUT2D eigenvalue weighted by atomic mass is 10.1. The molecule has 2 N–H and O–H groups in total. The van der Waals surface area contributed by atoms with Crippen LogP contribution in [0.5, 0.6) is 0 Å². The van der Waals surface area contributed by atoms with E-state index in [0.29, 0.717) is 6.04 Å². The molecule has 0 fully saturated rings. The van der Waals surface area contributed by atoms with E-state index in [2.05, 4.69) is 60.4 Å². The summed E-state index contributed by atoms with van der Waals surface area (Å²) in [6.45, 7) is 7.47. The number of nitrogens with one attached hydrogen (secondary N) is 2. The first-order valence-electron chi connectivity index (χ1n) is 6.64. The maximum atomic E-state index is 3.51. The highest BCUT2D eigenvalue weighted by Crippen LogP contribution is 2.16. The van der Waals surface area contributed by atoms with Crippen LogP contribution in [-0.4, -0.2) is 36.1 Å². The summed E-state index contributed by atoms with van der Waals surface area (Å²) in [5, 5.41) is 4.79. The molecule has 2 aromatic rings. The van der Waals surface area contributed by atoms with Gasteiger partial charge in [0.05, 0.1) is 0 Å². The van der Waals surface area contributed by atoms with Crippen LogP contribution < -0.4 is 5.32 Å². The molecule has 3 heteroatoms. The second kappa shape index (κ2) is 6.03. The van der Waals surface area contributed by atoms with E-state index in [0.717, 1.165) is 19.6 Å². The number of fused-ring (bicyclic) bond motifs is 1. The lowest BCUT2D eigenvalue weighted by molar-refractivity contribution is 0.273. The Balaban J connectivity index is 1.85. The SMILES string of the molecule is CC(C)N(C)CCNCc1cccc2cc[nH]c12. The van der Waals surface area contributed by atoms with Crippen LogP contribution in [0.3, 0.4) is 0 Å². The molecule has 18 heavy (non-hydrogen) atoms. The summed E-state index contributed by atoms with van der Waals surface area (Å²) in [6.07, 6.45) is 2.00. The van der Waals surface area contributed by atoms with Crippen molar-refractivity contribution >= 4 is 10.9 Å². The summed E-state index contributed by atoms with van der Waals surface area (Å²) in [4.78, 5) is 5.66. The molecule has 98 valence electrons. The molecule has 0 bridgehead atoms. The van der Waals surface area contributed by atoms with Gasteiger partial charge in [0.25, 0.3) is 0 Å². The first-order chi connectivity index (χ1) is 8.68. The molecule has 0 saturated heterocycles. The van der Waals surface area contributed by atoms with Crippen molar-refractivity contribution in [3.05, 3.63) is 36.0 Å². The van der Waals surface area contributed by atoms with Crippen LogP contribution in [0.1, 0.15) is 19.4 Å². The van der Waals surface area contributed by atoms with Crippen molar-refractivity contribution < 1.29 is 0 Å². The van der Waals surface area contributed by atoms with Gasteiger partial charge >= 0.3 is 0 Å². The first-order valence-corrected chi connectivity index (χ1v) is 6.64. The molecule has 0 saturated carbocycles. The van der Waals surface area contributed by atoms with Crippen molar-refractivity contribution in [2.24, 2.45) is 0 Å². The van der Waals surface area contributed by atoms with Gasteiger partial charge in [-0.2, -0.15) is 0 Å². The molecule has 0 unspecified atom stereocenters. The second-order valence-corrected chi connectivity index (χ2v) is 5.11. The van der Waals surface area contributed by atoms with Crippen LogP contribution in [-0.2, 0) is 6.54 Å². The smallest absolute Gasteiger partial charge is 0.0499 e. The number of hydrogen-bond donors (Lipinski definition) is 2. The Kier molecular flexibility index (Phi) is 4.39. The summed E-state index contributed by atoms with van der Waals surface area (Å²) < 4.78 is 0. The minimum Gasteiger partial charge on any atom is -0.361 e. The first kappa shape index (κ1) is 13.1. The number of nitrogens with zero attached hydrogens (tertiary/aromatic N) is 1. The van der Waals surface area contributed by atoms with Crippen LogP contribution in [0.2, 0.25) is 0 Å². The fourth-order valence-electron chi connectivity index (χ4n) is 2.03. The van der Waals surface area contributed by atoms with Crippen LogP contribution >= 0.6 is 0 Å². The van der Waals surface area contributed by atoms with Gasteiger partial charge in [-0.25, -0.2) is 0 Å². The molecule has 2 rings (SSSR count). The molecule has 0 spiro atoms. The maximum absolute atomic E-state index is 3.51. The van der Waals surface area contributed by atoms with Gasteiger partial charge in [0.15, 0.2) is 0 Å². The number of H-pyrrole nitrogens is 1. The minimum absolute atomic E-state index is 0.610. The van der Waals surface area contributed by atoms with Gasteiger partial charge in [-0.1, -0.05) is 18.2 Å². The molecule has 1 aromatic carbocycles. The van der Waals surface area contributed by atoms with E-state index in [4.69, 9.17) is 0 Å². The summed E-state index contributed by atoms with van der Waals surface area (Å²) in [5.74, 6) is 0. The Labute approximate surface area is 109 Å². The monoisotopic (exact) mass is 245 g/mol. The average Bonchev–Trinajstić information content (AvgIpc) is 2.83. The number of rotatable bonds is 6. The molecular weight excluding hydrogens is 222 g/mol. The van der Waals surface area contributed by atoms with Crippen molar-refractivity contribution in [2.75, 3.05) is 20.1 Å². The normalized spacial score (nSPS) is 11.8. The topological polar surface area (TPSA) is 31.1 Å². The van der Waals surface area contributed by atoms with E-state index in [1.54, 1.807) is 0 Å². The van der Waals surface area contributed by atoms with Crippen LogP contribution in [0.15, 0.2) is 30.5 Å². The zero-order chi connectivity index (χ0) is 13.0. The third kappa shape index (κ3) is 3.12. The highest BCUT2D eigenvalue weighted by Gasteiger charge is 2.03. The molecule has 0 aliphatic rings. The zero-order valence-electron chi connectivity index (χ0n) is 11.5. The van der Waals surface area contributed by atoms with Gasteiger partial charge in [0.2, 0.25) is 0 Å². The van der Waals surface area contributed by atoms with E-state index >= 15 is 0 Å². The third-order valence-corrected chi connectivity index (χ3v) is 3.51. The third-order valence-electron chi connectivity index (χ3n) is 3.51. The van der Waals surface area contributed by atoms with Gasteiger partial charge in [-0.3, -0.25) is 0 Å². The Morgan fingerprint density at radius 3 is 2.89 bits per heavy atom. The van der Waals surface area contributed by atoms with E-state index in [-0.39, 0.29) is 0 Å². The number of likely N-dealkylation sites (N-methyl/N-ethyl adjacent to an activating group) is 1. The fourth-order valence-corrected chi connectivity index (χ4v) is 2.03. The Morgan fingerprint density at radius 1 is 1.28 bits per heavy atom. The lowest BCUT2D eigenvalue weighted by Gasteiger charge is -2.21. The number of hydrogen-bond acceptors (Lipinski definition) is 2. The Morgan fingerprint density at radius 2 is 2.11 bits per heavy atom. The molecule has 1 heterocycles. The van der Waals surface area contributed by atoms with Crippen molar-refractivity contribution in [1.82, 2.24) is 15.2 Å². The molecule has 0 aliphatic carbocycles. The summed E-state index contributed by atoms with van der Waals surface area (Å²) >= 11 is 0. The van der Waals surface area contributed by atoms with E-state index < -0.39 is 0 Å². The maximum Gasteiger partial charge on any atom is 0.0499 e. The van der Waals surface area contributed by atoms with Crippen molar-refractivity contribution in [3.8, 4) is 0 Å². The predicted molar refractivity (Wildman–Crippen MR) is 77.8 cm³/mol. The largest absolute Gasteiger partial charge is 0.361 e. The second-order valence-electron chi connectivity index (χ2n) is 5.11. The number of benzene rings is 1. The highest BCUT2D eigenvalue weighted by atomic mass is 15.1. The van der Waals surface area contributed by atoms with Crippen LogP contribution in [0, 0.1) is 0 Å². The van der Waals surface area contributed by atoms with Crippen molar-refractivity contribution in [1.29, 1.82) is 0 Å². The van der Waals surface area contributed by atoms with Gasteiger partial charge in [-0.15, -0.1) is 0 Å². The van der Waals surface area contributed by atoms with Crippen molar-refractivity contribution in [2.45, 2.75) is 26.4 Å². The van der Waals surface area contributed by atoms with Crippen molar-refractivity contribution in [3.63, 3.8) is 0 Å². The molecule has 0 aliphatic heterocycles. The van der Waals surface area contributed by atoms with E-state index in [9.17, 15) is 0 Å². The van der Waals surface area contributed by atoms with E-state index in [1.807, 2.05) is 6.20 Å². The summed E-state index contributed by atoms with van der Waals surface area (Å²) in [5.41, 5.74) is 2.59. The quantitative estimate of drug-likeness (QED) is 0.766. The Bertz CT molecular complexity index is 487. The van der Waals surface area contributed by atoms with Gasteiger partial charge in [0.1, 0.15) is 0 Å². The van der Waals surface area contributed by atoms with Gasteiger partial charge in [-0.05, 0) is 37.9 Å². The highest BCUT2D eigenvalue weighted by molar-refractivity contribution is 5.82. The van der Waals surface area contributed by atoms with Crippen LogP contribution in [0.4, 0.5) is 0 Å². The number of para-hydroxylation sites is 1. The lowest BCUT2D eigenvalue weighted by Crippen LogP contribution is -2.33. The average molecular weight is 245 g/mol. The Hall–Kier alpha value is -1.32. The van der Waals surface area contributed by atoms with E-state index in [1.165, 1.54) is 16.5 Å². The molecule has 0 amide bonds. The fraction of sp³-hybridized carbons (Fsp3) is 0.467. The molecule has 1 aromatic heterocycles.